The molecule has 0 spiro atoms. The third-order valence-corrected chi connectivity index (χ3v) is 5.36. The molecule has 0 amide bonds. The summed E-state index contributed by atoms with van der Waals surface area (Å²) < 4.78 is 2.05. The molecule has 1 N–H and O–H groups in total. The van der Waals surface area contributed by atoms with Gasteiger partial charge in [0, 0.05) is 33.4 Å². The minimum absolute atomic E-state index is 0.0541. The highest BCUT2D eigenvalue weighted by atomic mass is 35.5. The van der Waals surface area contributed by atoms with E-state index in [-0.39, 0.29) is 4.91 Å². The number of carbonyl (C=O) groups is 1. The van der Waals surface area contributed by atoms with Gasteiger partial charge in [-0.1, -0.05) is 18.5 Å². The molecule has 0 saturated carbocycles. The van der Waals surface area contributed by atoms with Crippen LogP contribution in [0.2, 0.25) is 5.02 Å². The molecule has 0 aliphatic rings. The van der Waals surface area contributed by atoms with Crippen LogP contribution >= 0.6 is 23.4 Å². The molecule has 0 aliphatic heterocycles. The predicted molar refractivity (Wildman–Crippen MR) is 109 cm³/mol. The van der Waals surface area contributed by atoms with Gasteiger partial charge in [-0.25, -0.2) is 4.98 Å². The number of benzene rings is 1. The lowest BCUT2D eigenvalue weighted by Crippen LogP contribution is -2.23. The zero-order chi connectivity index (χ0) is 20.3. The number of carboxylic acid groups (broad SMARTS) is 1. The van der Waals surface area contributed by atoms with Crippen LogP contribution in [0.3, 0.4) is 0 Å². The molecule has 0 unspecified atom stereocenters. The lowest BCUT2D eigenvalue weighted by molar-refractivity contribution is -0.297. The van der Waals surface area contributed by atoms with Crippen LogP contribution in [0.5, 0.6) is 0 Å². The van der Waals surface area contributed by atoms with Crippen LogP contribution in [0.1, 0.15) is 36.1 Å². The summed E-state index contributed by atoms with van der Waals surface area (Å²) in [6.07, 6.45) is 3.30. The maximum atomic E-state index is 11.7. The molecule has 146 valence electrons. The van der Waals surface area contributed by atoms with Gasteiger partial charge in [0.15, 0.2) is 0 Å². The van der Waals surface area contributed by atoms with Crippen LogP contribution in [0, 0.1) is 13.8 Å². The monoisotopic (exact) mass is 415 g/mol. The van der Waals surface area contributed by atoms with E-state index in [4.69, 9.17) is 11.6 Å². The number of thioether (sulfide) groups is 1. The van der Waals surface area contributed by atoms with Gasteiger partial charge >= 0.3 is 0 Å². The zero-order valence-electron chi connectivity index (χ0n) is 15.8. The molecule has 3 aromatic rings. The third-order valence-electron chi connectivity index (χ3n) is 4.24. The molecule has 0 atom stereocenters. The first kappa shape index (κ1) is 20.2. The van der Waals surface area contributed by atoms with Crippen molar-refractivity contribution in [3.63, 3.8) is 0 Å². The topological polar surface area (TPSA) is 86.6 Å². The van der Waals surface area contributed by atoms with Gasteiger partial charge in [-0.3, -0.25) is 5.10 Å². The van der Waals surface area contributed by atoms with Gasteiger partial charge < -0.3 is 14.5 Å². The van der Waals surface area contributed by atoms with E-state index >= 15 is 0 Å². The Morgan fingerprint density at radius 2 is 2.04 bits per heavy atom. The van der Waals surface area contributed by atoms with Crippen molar-refractivity contribution in [2.45, 2.75) is 38.8 Å². The Balaban J connectivity index is 1.93. The van der Waals surface area contributed by atoms with E-state index in [9.17, 15) is 9.90 Å². The normalized spacial score (nSPS) is 11.8. The van der Waals surface area contributed by atoms with Gasteiger partial charge in [0.05, 0.1) is 5.97 Å². The number of halogens is 1. The van der Waals surface area contributed by atoms with Crippen LogP contribution in [0.15, 0.2) is 40.4 Å². The number of hydrogen-bond donors (Lipinski definition) is 1. The van der Waals surface area contributed by atoms with Crippen molar-refractivity contribution in [2.24, 2.45) is 0 Å². The summed E-state index contributed by atoms with van der Waals surface area (Å²) in [4.78, 5) is 16.0. The number of aryl methyl sites for hydroxylation is 2. The lowest BCUT2D eigenvalue weighted by Gasteiger charge is -2.10. The van der Waals surface area contributed by atoms with Crippen molar-refractivity contribution in [3.05, 3.63) is 63.0 Å². The summed E-state index contributed by atoms with van der Waals surface area (Å²) in [6.45, 7) is 5.95. The van der Waals surface area contributed by atoms with E-state index in [0.717, 1.165) is 53.1 Å². The molecular formula is C20H20ClN4O2S-. The van der Waals surface area contributed by atoms with Gasteiger partial charge in [0.2, 0.25) is 5.16 Å². The van der Waals surface area contributed by atoms with E-state index in [1.807, 2.05) is 55.7 Å². The number of H-pyrrole nitrogens is 1. The molecule has 0 radical (unpaired) electrons. The molecule has 28 heavy (non-hydrogen) atoms. The molecule has 2 heterocycles. The number of hydrogen-bond acceptors (Lipinski definition) is 5. The Morgan fingerprint density at radius 3 is 2.68 bits per heavy atom. The number of nitrogens with one attached hydrogen (secondary N) is 1. The second-order valence-electron chi connectivity index (χ2n) is 6.35. The van der Waals surface area contributed by atoms with Crippen molar-refractivity contribution < 1.29 is 9.90 Å². The quantitative estimate of drug-likeness (QED) is 0.469. The van der Waals surface area contributed by atoms with E-state index in [1.165, 1.54) is 0 Å². The number of carboxylic acids is 1. The first-order chi connectivity index (χ1) is 13.4. The zero-order valence-corrected chi connectivity index (χ0v) is 17.4. The highest BCUT2D eigenvalue weighted by Crippen LogP contribution is 2.29. The van der Waals surface area contributed by atoms with E-state index in [0.29, 0.717) is 10.2 Å². The summed E-state index contributed by atoms with van der Waals surface area (Å²) in [5.41, 5.74) is 3.65. The molecule has 0 aliphatic carbocycles. The third kappa shape index (κ3) is 4.48. The fraction of sp³-hybridized carbons (Fsp3) is 0.250. The average molecular weight is 416 g/mol. The molecule has 3 rings (SSSR count). The molecule has 0 fully saturated rings. The van der Waals surface area contributed by atoms with Gasteiger partial charge in [-0.2, -0.15) is 0 Å². The number of rotatable bonds is 7. The number of carbonyl (C=O) groups excluding carboxylic acids is 1. The fourth-order valence-corrected chi connectivity index (χ4v) is 3.80. The van der Waals surface area contributed by atoms with E-state index in [1.54, 1.807) is 6.08 Å². The summed E-state index contributed by atoms with van der Waals surface area (Å²) >= 11 is 6.96. The Kier molecular flexibility index (Phi) is 6.26. The predicted octanol–water partition coefficient (Wildman–Crippen LogP) is 3.70. The number of aromatic amines is 1. The van der Waals surface area contributed by atoms with Gasteiger partial charge in [0.1, 0.15) is 5.82 Å². The Morgan fingerprint density at radius 1 is 1.32 bits per heavy atom. The van der Waals surface area contributed by atoms with Crippen LogP contribution in [0.25, 0.3) is 11.8 Å². The summed E-state index contributed by atoms with van der Waals surface area (Å²) in [5, 5.41) is 19.6. The van der Waals surface area contributed by atoms with Crippen molar-refractivity contribution in [2.75, 3.05) is 0 Å². The minimum atomic E-state index is -1.26. The average Bonchev–Trinajstić information content (AvgIpc) is 3.20. The summed E-state index contributed by atoms with van der Waals surface area (Å²) in [6, 6.07) is 9.43. The molecule has 6 nitrogen and oxygen atoms in total. The standard InChI is InChI=1S/C20H21ClN4O2S/c1-4-5-18-22-20(24-23-18)28-17(19(26)27)11-14-10-12(2)25(13(14)3)16-8-6-15(21)7-9-16/h6-11H,4-5H2,1-3H3,(H,26,27)(H,22,23,24)/p-1/b17-11-. The van der Waals surface area contributed by atoms with Crippen LogP contribution in [0.4, 0.5) is 0 Å². The van der Waals surface area contributed by atoms with Crippen LogP contribution in [-0.2, 0) is 11.2 Å². The minimum Gasteiger partial charge on any atom is -0.544 e. The Labute approximate surface area is 172 Å². The van der Waals surface area contributed by atoms with Crippen molar-refractivity contribution in [3.8, 4) is 5.69 Å². The second-order valence-corrected chi connectivity index (χ2v) is 7.80. The Bertz CT molecular complexity index is 1020. The second kappa shape index (κ2) is 8.67. The highest BCUT2D eigenvalue weighted by molar-refractivity contribution is 8.04. The van der Waals surface area contributed by atoms with Crippen LogP contribution in [-0.4, -0.2) is 25.7 Å². The summed E-state index contributed by atoms with van der Waals surface area (Å²) in [5.74, 6) is -0.522. The molecule has 2 aromatic heterocycles. The number of aromatic nitrogens is 4. The lowest BCUT2D eigenvalue weighted by atomic mass is 10.2. The first-order valence-electron chi connectivity index (χ1n) is 8.86. The highest BCUT2D eigenvalue weighted by Gasteiger charge is 2.13. The summed E-state index contributed by atoms with van der Waals surface area (Å²) in [7, 11) is 0. The molecule has 0 saturated heterocycles. The first-order valence-corrected chi connectivity index (χ1v) is 10.1. The Hall–Kier alpha value is -2.51. The smallest absolute Gasteiger partial charge is 0.213 e. The number of nitrogens with zero attached hydrogens (tertiary/aromatic N) is 3. The maximum Gasteiger partial charge on any atom is 0.213 e. The molecule has 8 heteroatoms. The van der Waals surface area contributed by atoms with Gasteiger partial charge in [-0.15, -0.1) is 5.10 Å². The largest absolute Gasteiger partial charge is 0.544 e. The van der Waals surface area contributed by atoms with Crippen LogP contribution < -0.4 is 5.11 Å². The van der Waals surface area contributed by atoms with Crippen molar-refractivity contribution in [1.82, 2.24) is 19.7 Å². The van der Waals surface area contributed by atoms with E-state index < -0.39 is 5.97 Å². The number of aliphatic carboxylic acids is 1. The maximum absolute atomic E-state index is 11.7. The van der Waals surface area contributed by atoms with E-state index in [2.05, 4.69) is 15.2 Å². The molecule has 1 aromatic carbocycles. The van der Waals surface area contributed by atoms with Crippen molar-refractivity contribution >= 4 is 35.4 Å². The molecule has 0 bridgehead atoms. The SMILES string of the molecule is CCCc1nc(S/C(=C\c2cc(C)n(-c3ccc(Cl)cc3)c2C)C(=O)[O-])n[nH]1. The molecular weight excluding hydrogens is 396 g/mol. The fourth-order valence-electron chi connectivity index (χ4n) is 2.96. The van der Waals surface area contributed by atoms with Gasteiger partial charge in [0.25, 0.3) is 0 Å². The van der Waals surface area contributed by atoms with Crippen molar-refractivity contribution in [1.29, 1.82) is 0 Å². The van der Waals surface area contributed by atoms with Gasteiger partial charge in [-0.05, 0) is 74.0 Å².